The van der Waals surface area contributed by atoms with Gasteiger partial charge in [0.2, 0.25) is 0 Å². The van der Waals surface area contributed by atoms with E-state index in [9.17, 15) is 8.78 Å². The minimum atomic E-state index is -0.470. The molecule has 0 unspecified atom stereocenters. The van der Waals surface area contributed by atoms with Crippen LogP contribution in [0.1, 0.15) is 19.8 Å². The van der Waals surface area contributed by atoms with Gasteiger partial charge in [-0.15, -0.1) is 0 Å². The number of hydrogen-bond donors (Lipinski definition) is 0. The molecule has 0 aliphatic rings. The molecule has 0 spiro atoms. The molecule has 4 heteroatoms. The predicted octanol–water partition coefficient (Wildman–Crippen LogP) is 3.03. The maximum atomic E-state index is 13.4. The first-order chi connectivity index (χ1) is 6.66. The van der Waals surface area contributed by atoms with Crippen LogP contribution in [0.25, 0.3) is 0 Å². The molecule has 0 nitrogen and oxygen atoms in total. The Morgan fingerprint density at radius 1 is 1.36 bits per heavy atom. The van der Waals surface area contributed by atoms with Gasteiger partial charge >= 0.3 is 99.0 Å². The van der Waals surface area contributed by atoms with Gasteiger partial charge in [-0.1, -0.05) is 0 Å². The molecule has 0 aromatic heterocycles. The molecule has 0 amide bonds. The Hall–Kier alpha value is 0.144. The number of unbranched alkanes of at least 4 members (excludes halogenated alkanes) is 1. The summed E-state index contributed by atoms with van der Waals surface area (Å²) >= 11 is 2.92. The third kappa shape index (κ3) is 3.08. The standard InChI is InChI=1S/C10H11F2S.Ti/c1-2-3-6-13-10-5-4-8(11)7-9(10)12;/h4-5H,2-3,6H2,1H3;. The topological polar surface area (TPSA) is 0 Å². The van der Waals surface area contributed by atoms with Gasteiger partial charge in [-0.2, -0.15) is 0 Å². The van der Waals surface area contributed by atoms with E-state index in [-0.39, 0.29) is 3.87 Å². The summed E-state index contributed by atoms with van der Waals surface area (Å²) in [4.78, 5) is 0.553. The van der Waals surface area contributed by atoms with Crippen LogP contribution in [0, 0.1) is 11.6 Å². The monoisotopic (exact) mass is 249 g/mol. The van der Waals surface area contributed by atoms with E-state index in [0.29, 0.717) is 4.90 Å². The van der Waals surface area contributed by atoms with Gasteiger partial charge in [0.25, 0.3) is 0 Å². The van der Waals surface area contributed by atoms with Crippen LogP contribution in [-0.2, 0) is 20.4 Å². The van der Waals surface area contributed by atoms with Gasteiger partial charge < -0.3 is 0 Å². The average molecular weight is 249 g/mol. The van der Waals surface area contributed by atoms with Gasteiger partial charge in [0, 0.05) is 0 Å². The van der Waals surface area contributed by atoms with Crippen molar-refractivity contribution in [2.45, 2.75) is 24.7 Å². The van der Waals surface area contributed by atoms with Crippen molar-refractivity contribution in [1.29, 1.82) is 0 Å². The maximum absolute atomic E-state index is 13.4. The first kappa shape index (κ1) is 12.2. The summed E-state index contributed by atoms with van der Waals surface area (Å²) in [6.45, 7) is 2.09. The summed E-state index contributed by atoms with van der Waals surface area (Å²) < 4.78 is 26.4. The van der Waals surface area contributed by atoms with Crippen molar-refractivity contribution >= 4 is 15.6 Å². The molecule has 14 heavy (non-hydrogen) atoms. The quantitative estimate of drug-likeness (QED) is 0.449. The molecule has 0 heterocycles. The van der Waals surface area contributed by atoms with Crippen molar-refractivity contribution < 1.29 is 29.2 Å². The zero-order valence-electron chi connectivity index (χ0n) is 7.94. The molecule has 0 saturated carbocycles. The van der Waals surface area contributed by atoms with E-state index in [1.54, 1.807) is 0 Å². The first-order valence-corrected chi connectivity index (χ1v) is 6.25. The van der Waals surface area contributed by atoms with Gasteiger partial charge in [-0.25, -0.2) is 0 Å². The Morgan fingerprint density at radius 2 is 2.07 bits per heavy atom. The zero-order chi connectivity index (χ0) is 10.6. The third-order valence-corrected chi connectivity index (χ3v) is 3.65. The molecular formula is C10H11F2STi. The first-order valence-electron chi connectivity index (χ1n) is 4.49. The predicted molar refractivity (Wildman–Crippen MR) is 51.6 cm³/mol. The molecule has 0 atom stereocenters. The van der Waals surface area contributed by atoms with E-state index in [1.165, 1.54) is 44.3 Å². The van der Waals surface area contributed by atoms with Gasteiger partial charge in [0.05, 0.1) is 0 Å². The molecule has 0 fully saturated rings. The van der Waals surface area contributed by atoms with E-state index in [0.717, 1.165) is 18.6 Å². The molecule has 75 valence electrons. The number of benzene rings is 1. The van der Waals surface area contributed by atoms with Gasteiger partial charge in [0.1, 0.15) is 0 Å². The summed E-state index contributed by atoms with van der Waals surface area (Å²) in [5.74, 6) is 0.00632. The number of rotatable bonds is 4. The second-order valence-electron chi connectivity index (χ2n) is 2.94. The Bertz CT molecular complexity index is 315. The molecule has 0 aliphatic heterocycles. The molecule has 1 rings (SSSR count). The van der Waals surface area contributed by atoms with E-state index in [4.69, 9.17) is 0 Å². The van der Waals surface area contributed by atoms with Gasteiger partial charge in [0.15, 0.2) is 0 Å². The second kappa shape index (κ2) is 5.89. The minimum absolute atomic E-state index is 0.117. The van der Waals surface area contributed by atoms with Crippen molar-refractivity contribution in [3.63, 3.8) is 0 Å². The van der Waals surface area contributed by atoms with E-state index in [1.807, 2.05) is 0 Å². The van der Waals surface area contributed by atoms with Crippen LogP contribution in [0.15, 0.2) is 17.0 Å². The molecule has 0 saturated heterocycles. The summed E-state index contributed by atoms with van der Waals surface area (Å²) in [6.07, 6.45) is 2.15. The molecule has 0 radical (unpaired) electrons. The Morgan fingerprint density at radius 3 is 2.71 bits per heavy atom. The van der Waals surface area contributed by atoms with E-state index >= 15 is 0 Å². The van der Waals surface area contributed by atoms with Gasteiger partial charge in [-0.3, -0.25) is 0 Å². The third-order valence-electron chi connectivity index (χ3n) is 1.81. The fourth-order valence-corrected chi connectivity index (χ4v) is 2.50. The van der Waals surface area contributed by atoms with Crippen molar-refractivity contribution in [2.75, 3.05) is 5.75 Å². The van der Waals surface area contributed by atoms with Crippen LogP contribution < -0.4 is 3.87 Å². The normalized spacial score (nSPS) is 10.4. The van der Waals surface area contributed by atoms with Crippen LogP contribution in [0.5, 0.6) is 0 Å². The Labute approximate surface area is 98.9 Å². The summed E-state index contributed by atoms with van der Waals surface area (Å²) in [6, 6.07) is 2.84. The molecule has 1 aromatic rings. The van der Waals surface area contributed by atoms with Crippen molar-refractivity contribution in [3.8, 4) is 0 Å². The van der Waals surface area contributed by atoms with E-state index < -0.39 is 11.6 Å². The average Bonchev–Trinajstić information content (AvgIpc) is 2.18. The molecule has 0 bridgehead atoms. The van der Waals surface area contributed by atoms with Crippen LogP contribution in [0.2, 0.25) is 0 Å². The summed E-state index contributed by atoms with van der Waals surface area (Å²) in [5.41, 5.74) is 0. The number of hydrogen-bond acceptors (Lipinski definition) is 1. The molecule has 0 N–H and O–H groups in total. The van der Waals surface area contributed by atoms with Crippen LogP contribution in [-0.4, -0.2) is 5.75 Å². The van der Waals surface area contributed by atoms with Crippen LogP contribution >= 0.6 is 11.8 Å². The van der Waals surface area contributed by atoms with Crippen LogP contribution in [0.3, 0.4) is 0 Å². The van der Waals surface area contributed by atoms with Crippen molar-refractivity contribution in [2.24, 2.45) is 0 Å². The Balaban J connectivity index is 2.73. The summed E-state index contributed by atoms with van der Waals surface area (Å²) in [7, 11) is 0. The number of thioether (sulfide) groups is 1. The SMILES string of the molecule is CCCCSc1ccc(F)[c]([Ti])c1F. The van der Waals surface area contributed by atoms with Crippen molar-refractivity contribution in [1.82, 2.24) is 0 Å². The fraction of sp³-hybridized carbons (Fsp3) is 0.400. The molecule has 1 aromatic carbocycles. The Kier molecular flexibility index (Phi) is 5.14. The van der Waals surface area contributed by atoms with Gasteiger partial charge in [-0.05, 0) is 0 Å². The van der Waals surface area contributed by atoms with Crippen molar-refractivity contribution in [3.05, 3.63) is 23.8 Å². The molecule has 0 aliphatic carbocycles. The fourth-order valence-electron chi connectivity index (χ4n) is 0.971. The second-order valence-corrected chi connectivity index (χ2v) is 4.85. The summed E-state index contributed by atoms with van der Waals surface area (Å²) in [5, 5.41) is 0. The van der Waals surface area contributed by atoms with Crippen LogP contribution in [0.4, 0.5) is 8.78 Å². The van der Waals surface area contributed by atoms with E-state index in [2.05, 4.69) is 6.92 Å². The number of halogens is 2. The molecular weight excluding hydrogens is 238 g/mol. The zero-order valence-corrected chi connectivity index (χ0v) is 10.3.